The van der Waals surface area contributed by atoms with Crippen LogP contribution in [-0.4, -0.2) is 36.2 Å². The number of aromatic nitrogens is 1. The zero-order valence-electron chi connectivity index (χ0n) is 10.8. The number of anilines is 1. The van der Waals surface area contributed by atoms with Gasteiger partial charge in [0.15, 0.2) is 17.4 Å². The average Bonchev–Trinajstić information content (AvgIpc) is 2.81. The molecule has 0 saturated carbocycles. The first-order valence-electron chi connectivity index (χ1n) is 5.69. The molecule has 0 unspecified atom stereocenters. The Balaban J connectivity index is 2.42. The van der Waals surface area contributed by atoms with Gasteiger partial charge < -0.3 is 14.8 Å². The number of carbonyl (C=O) groups excluding carboxylic acids is 2. The fourth-order valence-corrected chi connectivity index (χ4v) is 1.79. The van der Waals surface area contributed by atoms with Gasteiger partial charge in [-0.3, -0.25) is 0 Å². The van der Waals surface area contributed by atoms with Crippen molar-refractivity contribution in [1.82, 2.24) is 4.98 Å². The normalized spacial score (nSPS) is 10.1. The second-order valence-electron chi connectivity index (χ2n) is 3.82. The second-order valence-corrected chi connectivity index (χ2v) is 4.68. The summed E-state index contributed by atoms with van der Waals surface area (Å²) >= 11 is 1.28. The van der Waals surface area contributed by atoms with Crippen LogP contribution >= 0.6 is 11.3 Å². The Hall–Kier alpha value is -1.89. The Bertz CT molecular complexity index is 456. The van der Waals surface area contributed by atoms with Crippen LogP contribution in [0.5, 0.6) is 0 Å². The molecule has 0 saturated heterocycles. The second kappa shape index (κ2) is 7.52. The number of nitrogens with zero attached hydrogens (tertiary/aromatic N) is 1. The molecule has 0 aliphatic rings. The molecule has 1 N–H and O–H groups in total. The maximum absolute atomic E-state index is 11.6. The van der Waals surface area contributed by atoms with Crippen molar-refractivity contribution in [3.8, 4) is 0 Å². The molecule has 0 aromatic carbocycles. The zero-order valence-corrected chi connectivity index (χ0v) is 11.7. The molecule has 0 bridgehead atoms. The summed E-state index contributed by atoms with van der Waals surface area (Å²) < 4.78 is 9.63. The Kier molecular flexibility index (Phi) is 6.01. The van der Waals surface area contributed by atoms with Gasteiger partial charge in [-0.2, -0.15) is 0 Å². The van der Waals surface area contributed by atoms with E-state index in [4.69, 9.17) is 9.47 Å². The number of esters is 2. The van der Waals surface area contributed by atoms with Crippen LogP contribution in [0, 0.1) is 0 Å². The Labute approximate surface area is 115 Å². The average molecular weight is 284 g/mol. The highest BCUT2D eigenvalue weighted by Crippen LogP contribution is 2.15. The van der Waals surface area contributed by atoms with Crippen LogP contribution in [0.15, 0.2) is 18.0 Å². The molecule has 1 aromatic rings. The van der Waals surface area contributed by atoms with E-state index < -0.39 is 18.5 Å². The lowest BCUT2D eigenvalue weighted by atomic mass is 10.5. The van der Waals surface area contributed by atoms with Crippen LogP contribution < -0.4 is 5.32 Å². The summed E-state index contributed by atoms with van der Waals surface area (Å²) in [5.41, 5.74) is 0.161. The minimum absolute atomic E-state index is 0.161. The van der Waals surface area contributed by atoms with E-state index in [1.807, 2.05) is 0 Å². The van der Waals surface area contributed by atoms with Crippen LogP contribution in [0.25, 0.3) is 0 Å². The van der Waals surface area contributed by atoms with Crippen molar-refractivity contribution in [3.63, 3.8) is 0 Å². The number of nitrogens with one attached hydrogen (secondary N) is 1. The van der Waals surface area contributed by atoms with Gasteiger partial charge in [0.25, 0.3) is 0 Å². The predicted molar refractivity (Wildman–Crippen MR) is 72.3 cm³/mol. The van der Waals surface area contributed by atoms with E-state index in [-0.39, 0.29) is 11.8 Å². The standard InChI is InChI=1S/C12H16N2O4S/c1-4-5-13-12-14-9(7-19-12)11(16)17-6-10(15)18-8(2)3/h4,7-8H,1,5-6H2,2-3H3,(H,13,14). The summed E-state index contributed by atoms with van der Waals surface area (Å²) in [5, 5.41) is 5.10. The van der Waals surface area contributed by atoms with E-state index in [0.29, 0.717) is 11.7 Å². The van der Waals surface area contributed by atoms with Gasteiger partial charge >= 0.3 is 11.9 Å². The molecule has 1 aromatic heterocycles. The van der Waals surface area contributed by atoms with Crippen molar-refractivity contribution in [2.45, 2.75) is 20.0 Å². The van der Waals surface area contributed by atoms with Gasteiger partial charge in [-0.1, -0.05) is 6.08 Å². The number of rotatable bonds is 7. The molecule has 1 heterocycles. The molecular formula is C12H16N2O4S. The molecular weight excluding hydrogens is 268 g/mol. The van der Waals surface area contributed by atoms with E-state index in [1.165, 1.54) is 11.3 Å². The highest BCUT2D eigenvalue weighted by Gasteiger charge is 2.15. The molecule has 0 radical (unpaired) electrons. The van der Waals surface area contributed by atoms with Crippen LogP contribution in [-0.2, 0) is 14.3 Å². The minimum Gasteiger partial charge on any atom is -0.460 e. The molecule has 0 amide bonds. The lowest BCUT2D eigenvalue weighted by Crippen LogP contribution is -2.19. The molecule has 0 aliphatic carbocycles. The molecule has 7 heteroatoms. The van der Waals surface area contributed by atoms with E-state index in [0.717, 1.165) is 0 Å². The summed E-state index contributed by atoms with van der Waals surface area (Å²) in [6.07, 6.45) is 1.45. The predicted octanol–water partition coefficient (Wildman–Crippen LogP) is 1.85. The van der Waals surface area contributed by atoms with Crippen LogP contribution in [0.1, 0.15) is 24.3 Å². The number of hydrogen-bond donors (Lipinski definition) is 1. The maximum Gasteiger partial charge on any atom is 0.358 e. The SMILES string of the molecule is C=CCNc1nc(C(=O)OCC(=O)OC(C)C)cs1. The first-order chi connectivity index (χ1) is 9.02. The maximum atomic E-state index is 11.6. The number of ether oxygens (including phenoxy) is 2. The van der Waals surface area contributed by atoms with E-state index in [1.54, 1.807) is 25.3 Å². The topological polar surface area (TPSA) is 77.5 Å². The van der Waals surface area contributed by atoms with Crippen molar-refractivity contribution >= 4 is 28.4 Å². The highest BCUT2D eigenvalue weighted by molar-refractivity contribution is 7.13. The van der Waals surface area contributed by atoms with Gasteiger partial charge in [0, 0.05) is 11.9 Å². The summed E-state index contributed by atoms with van der Waals surface area (Å²) in [6.45, 7) is 7.15. The van der Waals surface area contributed by atoms with Gasteiger partial charge in [-0.15, -0.1) is 17.9 Å². The third kappa shape index (κ3) is 5.52. The Morgan fingerprint density at radius 1 is 1.58 bits per heavy atom. The van der Waals surface area contributed by atoms with Crippen molar-refractivity contribution in [3.05, 3.63) is 23.7 Å². The van der Waals surface area contributed by atoms with Gasteiger partial charge in [0.2, 0.25) is 0 Å². The summed E-state index contributed by atoms with van der Waals surface area (Å²) in [4.78, 5) is 26.8. The smallest absolute Gasteiger partial charge is 0.358 e. The molecule has 104 valence electrons. The number of thiazole rings is 1. The molecule has 0 fully saturated rings. The van der Waals surface area contributed by atoms with E-state index in [2.05, 4.69) is 16.9 Å². The minimum atomic E-state index is -0.649. The van der Waals surface area contributed by atoms with Gasteiger partial charge in [-0.25, -0.2) is 14.6 Å². The summed E-state index contributed by atoms with van der Waals surface area (Å²) in [5.74, 6) is -1.23. The van der Waals surface area contributed by atoms with Gasteiger partial charge in [0.05, 0.1) is 6.10 Å². The summed E-state index contributed by atoms with van der Waals surface area (Å²) in [7, 11) is 0. The first kappa shape index (κ1) is 15.2. The molecule has 19 heavy (non-hydrogen) atoms. The van der Waals surface area contributed by atoms with E-state index in [9.17, 15) is 9.59 Å². The largest absolute Gasteiger partial charge is 0.460 e. The Morgan fingerprint density at radius 3 is 2.95 bits per heavy atom. The zero-order chi connectivity index (χ0) is 14.3. The fourth-order valence-electron chi connectivity index (χ4n) is 1.10. The molecule has 1 rings (SSSR count). The third-order valence-electron chi connectivity index (χ3n) is 1.80. The van der Waals surface area contributed by atoms with E-state index >= 15 is 0 Å². The fraction of sp³-hybridized carbons (Fsp3) is 0.417. The van der Waals surface area contributed by atoms with Crippen molar-refractivity contribution in [1.29, 1.82) is 0 Å². The third-order valence-corrected chi connectivity index (χ3v) is 2.60. The number of hydrogen-bond acceptors (Lipinski definition) is 7. The molecule has 0 aliphatic heterocycles. The first-order valence-corrected chi connectivity index (χ1v) is 6.57. The van der Waals surface area contributed by atoms with Crippen molar-refractivity contribution < 1.29 is 19.1 Å². The number of carbonyl (C=O) groups is 2. The van der Waals surface area contributed by atoms with Crippen LogP contribution in [0.3, 0.4) is 0 Å². The monoisotopic (exact) mass is 284 g/mol. The molecule has 0 spiro atoms. The molecule has 6 nitrogen and oxygen atoms in total. The summed E-state index contributed by atoms with van der Waals surface area (Å²) in [6, 6.07) is 0. The van der Waals surface area contributed by atoms with Gasteiger partial charge in [0.1, 0.15) is 0 Å². The van der Waals surface area contributed by atoms with Gasteiger partial charge in [-0.05, 0) is 13.8 Å². The Morgan fingerprint density at radius 2 is 2.32 bits per heavy atom. The quantitative estimate of drug-likeness (QED) is 0.608. The van der Waals surface area contributed by atoms with Crippen molar-refractivity contribution in [2.75, 3.05) is 18.5 Å². The lowest BCUT2D eigenvalue weighted by Gasteiger charge is -2.07. The highest BCUT2D eigenvalue weighted by atomic mass is 32.1. The van der Waals surface area contributed by atoms with Crippen LogP contribution in [0.4, 0.5) is 5.13 Å². The van der Waals surface area contributed by atoms with Crippen LogP contribution in [0.2, 0.25) is 0 Å². The van der Waals surface area contributed by atoms with Crippen molar-refractivity contribution in [2.24, 2.45) is 0 Å². The lowest BCUT2D eigenvalue weighted by molar-refractivity contribution is -0.150. The molecule has 0 atom stereocenters.